The maximum Gasteiger partial charge on any atom is 0.252 e. The third-order valence-corrected chi connectivity index (χ3v) is 6.19. The van der Waals surface area contributed by atoms with Crippen LogP contribution in [0.3, 0.4) is 0 Å². The van der Waals surface area contributed by atoms with Gasteiger partial charge in [0.25, 0.3) is 5.91 Å². The fraction of sp³-hybridized carbons (Fsp3) is 0.333. The van der Waals surface area contributed by atoms with Gasteiger partial charge in [-0.2, -0.15) is 0 Å². The normalized spacial score (nSPS) is 11.2. The van der Waals surface area contributed by atoms with E-state index < -0.39 is 0 Å². The zero-order valence-electron chi connectivity index (χ0n) is 19.5. The summed E-state index contributed by atoms with van der Waals surface area (Å²) < 4.78 is 3.11. The van der Waals surface area contributed by atoms with Crippen molar-refractivity contribution in [3.05, 3.63) is 87.8 Å². The van der Waals surface area contributed by atoms with E-state index in [1.54, 1.807) is 0 Å². The van der Waals surface area contributed by atoms with Crippen molar-refractivity contribution in [3.8, 4) is 0 Å². The van der Waals surface area contributed by atoms with Crippen LogP contribution >= 0.6 is 15.9 Å². The van der Waals surface area contributed by atoms with E-state index in [9.17, 15) is 4.79 Å². The van der Waals surface area contributed by atoms with Gasteiger partial charge in [-0.1, -0.05) is 28.1 Å². The largest absolute Gasteiger partial charge is 0.348 e. The van der Waals surface area contributed by atoms with Crippen molar-refractivity contribution in [1.29, 1.82) is 0 Å². The lowest BCUT2D eigenvalue weighted by Gasteiger charge is -2.15. The van der Waals surface area contributed by atoms with E-state index in [-0.39, 0.29) is 11.9 Å². The lowest BCUT2D eigenvalue weighted by atomic mass is 10.00. The van der Waals surface area contributed by atoms with Crippen molar-refractivity contribution in [1.82, 2.24) is 14.9 Å². The van der Waals surface area contributed by atoms with Crippen molar-refractivity contribution in [3.63, 3.8) is 0 Å². The van der Waals surface area contributed by atoms with Crippen LogP contribution in [-0.2, 0) is 19.4 Å². The molecule has 5 heteroatoms. The molecule has 168 valence electrons. The minimum absolute atomic E-state index is 0.0854. The van der Waals surface area contributed by atoms with Gasteiger partial charge in [0.2, 0.25) is 0 Å². The number of aryl methyl sites for hydroxylation is 3. The van der Waals surface area contributed by atoms with Gasteiger partial charge in [0.1, 0.15) is 0 Å². The van der Waals surface area contributed by atoms with E-state index in [0.29, 0.717) is 18.5 Å². The molecule has 3 rings (SSSR count). The molecule has 0 aliphatic carbocycles. The van der Waals surface area contributed by atoms with Crippen LogP contribution in [0.5, 0.6) is 0 Å². The number of carbonyl (C=O) groups excluding carboxylic acids is 1. The minimum Gasteiger partial charge on any atom is -0.348 e. The van der Waals surface area contributed by atoms with E-state index >= 15 is 0 Å². The summed E-state index contributed by atoms with van der Waals surface area (Å²) in [5.41, 5.74) is 7.10. The van der Waals surface area contributed by atoms with Crippen LogP contribution in [0.1, 0.15) is 64.7 Å². The van der Waals surface area contributed by atoms with Gasteiger partial charge >= 0.3 is 0 Å². The highest BCUT2D eigenvalue weighted by Gasteiger charge is 2.19. The van der Waals surface area contributed by atoms with Crippen molar-refractivity contribution in [2.45, 2.75) is 59.5 Å². The quantitative estimate of drug-likeness (QED) is 0.334. The number of nitrogens with zero attached hydrogens (tertiary/aromatic N) is 2. The van der Waals surface area contributed by atoms with Crippen LogP contribution in [0.4, 0.5) is 0 Å². The van der Waals surface area contributed by atoms with Gasteiger partial charge in [-0.15, -0.1) is 13.2 Å². The van der Waals surface area contributed by atoms with Crippen LogP contribution in [0.25, 0.3) is 10.9 Å². The number of rotatable bonds is 9. The van der Waals surface area contributed by atoms with E-state index in [2.05, 4.69) is 76.1 Å². The van der Waals surface area contributed by atoms with Gasteiger partial charge in [-0.05, 0) is 81.8 Å². The lowest BCUT2D eigenvalue weighted by Crippen LogP contribution is -2.24. The molecule has 0 unspecified atom stereocenters. The number of nitrogens with one attached hydrogen (secondary N) is 1. The topological polar surface area (TPSA) is 46.9 Å². The summed E-state index contributed by atoms with van der Waals surface area (Å²) >= 11 is 3.61. The number of carbonyl (C=O) groups is 1. The first-order valence-corrected chi connectivity index (χ1v) is 11.8. The fourth-order valence-corrected chi connectivity index (χ4v) is 4.72. The molecular formula is C27H32BrN3O. The van der Waals surface area contributed by atoms with Crippen molar-refractivity contribution in [2.75, 3.05) is 0 Å². The molecular weight excluding hydrogens is 462 g/mol. The van der Waals surface area contributed by atoms with Crippen LogP contribution in [0.2, 0.25) is 0 Å². The molecule has 0 aliphatic heterocycles. The van der Waals surface area contributed by atoms with E-state index in [1.807, 2.05) is 32.1 Å². The summed E-state index contributed by atoms with van der Waals surface area (Å²) in [6, 6.07) is 6.39. The van der Waals surface area contributed by atoms with Crippen LogP contribution in [0.15, 0.2) is 54.2 Å². The summed E-state index contributed by atoms with van der Waals surface area (Å²) in [4.78, 5) is 18.0. The minimum atomic E-state index is -0.0854. The first-order valence-electron chi connectivity index (χ1n) is 11.1. The number of benzene rings is 1. The Hall–Kier alpha value is -2.66. The lowest BCUT2D eigenvalue weighted by molar-refractivity contribution is 0.0952. The SMILES string of the molecule is C=CCCc1cc(C)nc(C)c1CNC(=O)c1cc(Br)cc2c1c(CC=C)cn2C(C)C. The van der Waals surface area contributed by atoms with E-state index in [0.717, 1.165) is 50.7 Å². The summed E-state index contributed by atoms with van der Waals surface area (Å²) in [7, 11) is 0. The molecule has 0 atom stereocenters. The summed E-state index contributed by atoms with van der Waals surface area (Å²) in [6.07, 6.45) is 8.44. The molecule has 2 heterocycles. The second-order valence-corrected chi connectivity index (χ2v) is 9.41. The number of hydrogen-bond acceptors (Lipinski definition) is 2. The first kappa shape index (κ1) is 24.0. The molecule has 0 saturated carbocycles. The Morgan fingerprint density at radius 3 is 2.59 bits per heavy atom. The number of amides is 1. The Kier molecular flexibility index (Phi) is 7.73. The standard InChI is InChI=1S/C27H32BrN3O/c1-7-9-11-20-12-18(5)30-19(6)24(20)15-29-27(32)23-13-22(28)14-25-26(23)21(10-8-2)16-31(25)17(3)4/h7-8,12-14,16-17H,1-2,9-11,15H2,3-6H3,(H,29,32). The predicted octanol–water partition coefficient (Wildman–Crippen LogP) is 6.77. The Morgan fingerprint density at radius 2 is 1.94 bits per heavy atom. The monoisotopic (exact) mass is 493 g/mol. The molecule has 2 aromatic heterocycles. The number of allylic oxidation sites excluding steroid dienone is 2. The molecule has 32 heavy (non-hydrogen) atoms. The first-order chi connectivity index (χ1) is 15.3. The summed E-state index contributed by atoms with van der Waals surface area (Å²) in [6.45, 7) is 16.5. The molecule has 0 bridgehead atoms. The molecule has 0 spiro atoms. The Labute approximate surface area is 199 Å². The Balaban J connectivity index is 2.00. The van der Waals surface area contributed by atoms with Gasteiger partial charge in [0.05, 0.1) is 11.1 Å². The zero-order valence-corrected chi connectivity index (χ0v) is 21.1. The van der Waals surface area contributed by atoms with Crippen molar-refractivity contribution >= 4 is 32.7 Å². The second kappa shape index (κ2) is 10.3. The number of aromatic nitrogens is 2. The average Bonchev–Trinajstić information content (AvgIpc) is 3.09. The molecule has 0 saturated heterocycles. The Morgan fingerprint density at radius 1 is 1.19 bits per heavy atom. The molecule has 3 aromatic rings. The number of hydrogen-bond donors (Lipinski definition) is 1. The smallest absolute Gasteiger partial charge is 0.252 e. The molecule has 0 fully saturated rings. The van der Waals surface area contributed by atoms with E-state index in [4.69, 9.17) is 0 Å². The number of pyridine rings is 1. The second-order valence-electron chi connectivity index (χ2n) is 8.49. The number of halogens is 1. The fourth-order valence-electron chi connectivity index (χ4n) is 4.27. The highest BCUT2D eigenvalue weighted by Crippen LogP contribution is 2.32. The molecule has 0 radical (unpaired) electrons. The molecule has 1 aromatic carbocycles. The van der Waals surface area contributed by atoms with Gasteiger partial charge in [0.15, 0.2) is 0 Å². The highest BCUT2D eigenvalue weighted by molar-refractivity contribution is 9.10. The van der Waals surface area contributed by atoms with Gasteiger partial charge in [-0.25, -0.2) is 0 Å². The van der Waals surface area contributed by atoms with Crippen LogP contribution < -0.4 is 5.32 Å². The van der Waals surface area contributed by atoms with E-state index in [1.165, 1.54) is 5.56 Å². The van der Waals surface area contributed by atoms with Gasteiger partial charge in [-0.3, -0.25) is 9.78 Å². The van der Waals surface area contributed by atoms with Gasteiger partial charge < -0.3 is 9.88 Å². The average molecular weight is 494 g/mol. The zero-order chi connectivity index (χ0) is 23.4. The third-order valence-electron chi connectivity index (χ3n) is 5.74. The highest BCUT2D eigenvalue weighted by atomic mass is 79.9. The maximum absolute atomic E-state index is 13.4. The van der Waals surface area contributed by atoms with Crippen LogP contribution in [-0.4, -0.2) is 15.5 Å². The predicted molar refractivity (Wildman–Crippen MR) is 137 cm³/mol. The molecule has 1 amide bonds. The molecule has 4 nitrogen and oxygen atoms in total. The number of fused-ring (bicyclic) bond motifs is 1. The molecule has 0 aliphatic rings. The maximum atomic E-state index is 13.4. The molecule has 1 N–H and O–H groups in total. The summed E-state index contributed by atoms with van der Waals surface area (Å²) in [5.74, 6) is -0.0854. The third kappa shape index (κ3) is 5.04. The van der Waals surface area contributed by atoms with Crippen molar-refractivity contribution in [2.24, 2.45) is 0 Å². The summed E-state index contributed by atoms with van der Waals surface area (Å²) in [5, 5.41) is 4.15. The van der Waals surface area contributed by atoms with Crippen molar-refractivity contribution < 1.29 is 4.79 Å². The van der Waals surface area contributed by atoms with Crippen LogP contribution in [0, 0.1) is 13.8 Å². The Bertz CT molecular complexity index is 1170. The van der Waals surface area contributed by atoms with Gasteiger partial charge in [0, 0.05) is 40.0 Å².